The molecule has 1 N–H and O–H groups in total. The Morgan fingerprint density at radius 2 is 1.84 bits per heavy atom. The van der Waals surface area contributed by atoms with Crippen LogP contribution in [0.25, 0.3) is 22.6 Å². The molecule has 0 amide bonds. The van der Waals surface area contributed by atoms with Crippen LogP contribution in [0.5, 0.6) is 5.88 Å². The van der Waals surface area contributed by atoms with Crippen molar-refractivity contribution in [2.45, 2.75) is 65.3 Å². The Balaban J connectivity index is 1.77. The van der Waals surface area contributed by atoms with Crippen LogP contribution in [0.15, 0.2) is 52.2 Å². The molecule has 1 fully saturated rings. The van der Waals surface area contributed by atoms with Crippen molar-refractivity contribution < 1.29 is 9.84 Å². The largest absolute Gasteiger partial charge is 0.477 e. The first-order valence-corrected chi connectivity index (χ1v) is 13.4. The van der Waals surface area contributed by atoms with Gasteiger partial charge in [0.1, 0.15) is 5.82 Å². The predicted molar refractivity (Wildman–Crippen MR) is 147 cm³/mol. The Hall–Kier alpha value is -3.43. The highest BCUT2D eigenvalue weighted by Gasteiger charge is 2.27. The van der Waals surface area contributed by atoms with Gasteiger partial charge in [-0.2, -0.15) is 0 Å². The van der Waals surface area contributed by atoms with Gasteiger partial charge in [0, 0.05) is 30.4 Å². The van der Waals surface area contributed by atoms with E-state index in [0.29, 0.717) is 52.5 Å². The molecule has 0 radical (unpaired) electrons. The van der Waals surface area contributed by atoms with E-state index in [2.05, 4.69) is 4.98 Å². The normalized spacial score (nSPS) is 14.4. The van der Waals surface area contributed by atoms with Crippen molar-refractivity contribution in [3.8, 4) is 17.3 Å². The lowest BCUT2D eigenvalue weighted by Crippen LogP contribution is -2.41. The minimum absolute atomic E-state index is 0.0993. The lowest BCUT2D eigenvalue weighted by atomic mass is 10.2. The summed E-state index contributed by atoms with van der Waals surface area (Å²) in [6.07, 6.45) is 3.58. The van der Waals surface area contributed by atoms with Gasteiger partial charge in [0.05, 0.1) is 18.3 Å². The molecule has 1 aromatic carbocycles. The molecule has 0 saturated heterocycles. The Morgan fingerprint density at radius 1 is 1.11 bits per heavy atom. The molecule has 0 aliphatic heterocycles. The van der Waals surface area contributed by atoms with E-state index in [-0.39, 0.29) is 19.0 Å². The van der Waals surface area contributed by atoms with E-state index in [9.17, 15) is 14.7 Å². The molecule has 1 saturated carbocycles. The van der Waals surface area contributed by atoms with Crippen molar-refractivity contribution in [1.82, 2.24) is 23.7 Å². The van der Waals surface area contributed by atoms with Crippen molar-refractivity contribution in [3.05, 3.63) is 74.0 Å². The van der Waals surface area contributed by atoms with E-state index in [1.807, 2.05) is 42.7 Å². The number of hydrogen-bond donors (Lipinski definition) is 1. The van der Waals surface area contributed by atoms with Gasteiger partial charge in [-0.15, -0.1) is 0 Å². The summed E-state index contributed by atoms with van der Waals surface area (Å²) in [6, 6.07) is 10.8. The number of fused-ring (bicyclic) bond motifs is 1. The molecule has 38 heavy (non-hydrogen) atoms. The number of hydrogen-bond acceptors (Lipinski definition) is 6. The van der Waals surface area contributed by atoms with Crippen LogP contribution in [0.3, 0.4) is 0 Å². The summed E-state index contributed by atoms with van der Waals surface area (Å²) in [5.74, 6) is 1.47. The standard InChI is InChI=1S/C28H32ClN5O4/c1-17(2)34-25-23(27(36)32(28(34)37)14-12-18(3)35)33(15-19-8-10-21(29)11-9-19)24(31-25)22-5-4-13-30-26(22)38-16-20-6-7-20/h4-5,8-11,13,17-18,20,35H,6-7,12,14-16H2,1-3H3/t18-/m1/s1. The Bertz CT molecular complexity index is 1570. The van der Waals surface area contributed by atoms with Crippen LogP contribution in [0.4, 0.5) is 0 Å². The highest BCUT2D eigenvalue weighted by Crippen LogP contribution is 2.34. The number of imidazole rings is 1. The van der Waals surface area contributed by atoms with Gasteiger partial charge >= 0.3 is 5.69 Å². The van der Waals surface area contributed by atoms with Gasteiger partial charge in [0.15, 0.2) is 11.2 Å². The first kappa shape index (κ1) is 26.2. The number of aromatic nitrogens is 5. The fourth-order valence-corrected chi connectivity index (χ4v) is 4.65. The minimum Gasteiger partial charge on any atom is -0.477 e. The second-order valence-corrected chi connectivity index (χ2v) is 10.7. The summed E-state index contributed by atoms with van der Waals surface area (Å²) in [5.41, 5.74) is 1.29. The quantitative estimate of drug-likeness (QED) is 0.324. The molecule has 1 aliphatic rings. The summed E-state index contributed by atoms with van der Waals surface area (Å²) in [6.45, 7) is 6.40. The predicted octanol–water partition coefficient (Wildman–Crippen LogP) is 4.26. The van der Waals surface area contributed by atoms with Gasteiger partial charge < -0.3 is 14.4 Å². The van der Waals surface area contributed by atoms with E-state index >= 15 is 0 Å². The van der Waals surface area contributed by atoms with E-state index < -0.39 is 17.4 Å². The number of ether oxygens (including phenoxy) is 1. The summed E-state index contributed by atoms with van der Waals surface area (Å²) in [4.78, 5) is 36.8. The Labute approximate surface area is 225 Å². The first-order valence-electron chi connectivity index (χ1n) is 13.0. The van der Waals surface area contributed by atoms with Crippen molar-refractivity contribution in [2.75, 3.05) is 6.61 Å². The molecule has 10 heteroatoms. The molecular formula is C28H32ClN5O4. The molecule has 3 heterocycles. The molecule has 0 spiro atoms. The average molecular weight is 538 g/mol. The molecule has 200 valence electrons. The van der Waals surface area contributed by atoms with E-state index in [1.165, 1.54) is 4.57 Å². The molecule has 5 rings (SSSR count). The second-order valence-electron chi connectivity index (χ2n) is 10.3. The maximum Gasteiger partial charge on any atom is 0.332 e. The maximum absolute atomic E-state index is 13.9. The highest BCUT2D eigenvalue weighted by molar-refractivity contribution is 6.30. The Kier molecular flexibility index (Phi) is 7.40. The summed E-state index contributed by atoms with van der Waals surface area (Å²) in [5, 5.41) is 10.5. The number of aliphatic hydroxyl groups is 1. The lowest BCUT2D eigenvalue weighted by molar-refractivity contribution is 0.176. The van der Waals surface area contributed by atoms with Crippen LogP contribution >= 0.6 is 11.6 Å². The van der Waals surface area contributed by atoms with Crippen LogP contribution in [-0.4, -0.2) is 41.5 Å². The van der Waals surface area contributed by atoms with E-state index in [0.717, 1.165) is 18.4 Å². The highest BCUT2D eigenvalue weighted by atomic mass is 35.5. The number of pyridine rings is 1. The van der Waals surface area contributed by atoms with Crippen LogP contribution < -0.4 is 16.0 Å². The molecule has 4 aromatic rings. The minimum atomic E-state index is -0.652. The van der Waals surface area contributed by atoms with E-state index in [4.69, 9.17) is 21.3 Å². The smallest absolute Gasteiger partial charge is 0.332 e. The fourth-order valence-electron chi connectivity index (χ4n) is 4.52. The number of nitrogens with zero attached hydrogens (tertiary/aromatic N) is 5. The van der Waals surface area contributed by atoms with Gasteiger partial charge in [-0.3, -0.25) is 13.9 Å². The summed E-state index contributed by atoms with van der Waals surface area (Å²) in [7, 11) is 0. The van der Waals surface area contributed by atoms with Gasteiger partial charge in [-0.25, -0.2) is 14.8 Å². The van der Waals surface area contributed by atoms with E-state index in [1.54, 1.807) is 29.8 Å². The molecule has 0 bridgehead atoms. The van der Waals surface area contributed by atoms with Crippen molar-refractivity contribution in [2.24, 2.45) is 5.92 Å². The molecule has 3 aromatic heterocycles. The molecule has 0 unspecified atom stereocenters. The van der Waals surface area contributed by atoms with Crippen LogP contribution in [0, 0.1) is 5.92 Å². The van der Waals surface area contributed by atoms with Gasteiger partial charge in [0.2, 0.25) is 5.88 Å². The Morgan fingerprint density at radius 3 is 2.50 bits per heavy atom. The second kappa shape index (κ2) is 10.7. The third-order valence-corrected chi connectivity index (χ3v) is 7.02. The topological polar surface area (TPSA) is 104 Å². The third kappa shape index (κ3) is 5.26. The van der Waals surface area contributed by atoms with Gasteiger partial charge in [-0.05, 0) is 75.8 Å². The zero-order chi connectivity index (χ0) is 27.0. The summed E-state index contributed by atoms with van der Waals surface area (Å²) >= 11 is 6.13. The van der Waals surface area contributed by atoms with Crippen LogP contribution in [0.1, 0.15) is 51.6 Å². The number of halogens is 1. The van der Waals surface area contributed by atoms with Gasteiger partial charge in [-0.1, -0.05) is 23.7 Å². The molecule has 1 aliphatic carbocycles. The fraction of sp³-hybridized carbons (Fsp3) is 0.429. The van der Waals surface area contributed by atoms with Crippen molar-refractivity contribution in [1.29, 1.82) is 0 Å². The molecule has 9 nitrogen and oxygen atoms in total. The van der Waals surface area contributed by atoms with Crippen molar-refractivity contribution >= 4 is 22.8 Å². The average Bonchev–Trinajstić information content (AvgIpc) is 3.64. The van der Waals surface area contributed by atoms with Crippen LogP contribution in [0.2, 0.25) is 5.02 Å². The third-order valence-electron chi connectivity index (χ3n) is 6.77. The number of benzene rings is 1. The first-order chi connectivity index (χ1) is 18.2. The lowest BCUT2D eigenvalue weighted by Gasteiger charge is -2.16. The van der Waals surface area contributed by atoms with Crippen LogP contribution in [-0.2, 0) is 13.1 Å². The maximum atomic E-state index is 13.9. The number of aliphatic hydroxyl groups excluding tert-OH is 1. The molecular weight excluding hydrogens is 506 g/mol. The van der Waals surface area contributed by atoms with Crippen molar-refractivity contribution in [3.63, 3.8) is 0 Å². The molecule has 1 atom stereocenters. The SMILES string of the molecule is CC(C)n1c(=O)n(CC[C@@H](C)O)c(=O)c2c1nc(-c1cccnc1OCC1CC1)n2Cc1ccc(Cl)cc1. The zero-order valence-electron chi connectivity index (χ0n) is 21.8. The summed E-state index contributed by atoms with van der Waals surface area (Å²) < 4.78 is 10.7. The van der Waals surface area contributed by atoms with Gasteiger partial charge in [0.25, 0.3) is 5.56 Å². The number of rotatable bonds is 10. The zero-order valence-corrected chi connectivity index (χ0v) is 22.6. The monoisotopic (exact) mass is 537 g/mol.